The van der Waals surface area contributed by atoms with Crippen LogP contribution in [-0.4, -0.2) is 30.5 Å². The summed E-state index contributed by atoms with van der Waals surface area (Å²) in [4.78, 5) is 13.1. The Morgan fingerprint density at radius 3 is 2.43 bits per heavy atom. The molecule has 0 fully saturated rings. The third kappa shape index (κ3) is 4.81. The van der Waals surface area contributed by atoms with Crippen LogP contribution < -0.4 is 4.74 Å². The first-order valence-corrected chi connectivity index (χ1v) is 6.74. The van der Waals surface area contributed by atoms with E-state index in [2.05, 4.69) is 13.8 Å². The van der Waals surface area contributed by atoms with Crippen molar-refractivity contribution >= 4 is 5.91 Å². The molecule has 0 saturated heterocycles. The molecule has 0 aliphatic rings. The lowest BCUT2D eigenvalue weighted by Gasteiger charge is -2.18. The van der Waals surface area contributed by atoms with Crippen molar-refractivity contribution in [2.24, 2.45) is 0 Å². The van der Waals surface area contributed by atoms with Crippen molar-refractivity contribution in [1.29, 1.82) is 10.5 Å². The summed E-state index contributed by atoms with van der Waals surface area (Å²) < 4.78 is 5.60. The molecule has 0 heterocycles. The van der Waals surface area contributed by atoms with Crippen LogP contribution in [0.25, 0.3) is 0 Å². The average molecular weight is 285 g/mol. The van der Waals surface area contributed by atoms with Gasteiger partial charge in [-0.05, 0) is 30.0 Å². The van der Waals surface area contributed by atoms with Crippen LogP contribution in [-0.2, 0) is 4.79 Å². The van der Waals surface area contributed by atoms with Gasteiger partial charge in [-0.25, -0.2) is 0 Å². The maximum absolute atomic E-state index is 12.0. The van der Waals surface area contributed by atoms with Crippen LogP contribution in [0.4, 0.5) is 0 Å². The second-order valence-electron chi connectivity index (χ2n) is 5.05. The quantitative estimate of drug-likeness (QED) is 0.752. The lowest BCUT2D eigenvalue weighted by molar-refractivity contribution is -0.132. The number of hydrogen-bond donors (Lipinski definition) is 0. The Morgan fingerprint density at radius 1 is 1.29 bits per heavy atom. The first-order chi connectivity index (χ1) is 9.99. The number of hydrogen-bond acceptors (Lipinski definition) is 4. The van der Waals surface area contributed by atoms with E-state index >= 15 is 0 Å². The normalized spacial score (nSPS) is 9.81. The van der Waals surface area contributed by atoms with Crippen molar-refractivity contribution in [2.75, 3.05) is 19.7 Å². The summed E-state index contributed by atoms with van der Waals surface area (Å²) in [7, 11) is 0. The zero-order valence-corrected chi connectivity index (χ0v) is 12.6. The van der Waals surface area contributed by atoms with Gasteiger partial charge in [-0.15, -0.1) is 0 Å². The van der Waals surface area contributed by atoms with Crippen molar-refractivity contribution in [3.05, 3.63) is 29.3 Å². The summed E-state index contributed by atoms with van der Waals surface area (Å²) >= 11 is 0. The summed E-state index contributed by atoms with van der Waals surface area (Å²) in [5.74, 6) is 0.589. The van der Waals surface area contributed by atoms with E-state index in [4.69, 9.17) is 15.3 Å². The molecule has 1 aromatic carbocycles. The van der Waals surface area contributed by atoms with Crippen LogP contribution in [0, 0.1) is 29.6 Å². The molecule has 0 atom stereocenters. The van der Waals surface area contributed by atoms with Gasteiger partial charge in [-0.3, -0.25) is 4.79 Å². The molecule has 1 amide bonds. The third-order valence-electron chi connectivity index (χ3n) is 3.02. The number of nitrogens with zero attached hydrogens (tertiary/aromatic N) is 3. The zero-order valence-electron chi connectivity index (χ0n) is 12.6. The van der Waals surface area contributed by atoms with Gasteiger partial charge in [-0.1, -0.05) is 26.0 Å². The summed E-state index contributed by atoms with van der Waals surface area (Å²) in [6.45, 7) is 5.66. The maximum atomic E-state index is 12.0. The number of carbonyl (C=O) groups excluding carboxylic acids is 1. The van der Waals surface area contributed by atoms with Gasteiger partial charge in [0.15, 0.2) is 6.61 Å². The topological polar surface area (TPSA) is 77.1 Å². The van der Waals surface area contributed by atoms with Crippen LogP contribution in [0.1, 0.15) is 30.9 Å². The Balaban J connectivity index is 2.79. The summed E-state index contributed by atoms with van der Waals surface area (Å²) in [5, 5.41) is 17.3. The Hall–Kier alpha value is -2.53. The predicted octanol–water partition coefficient (Wildman–Crippen LogP) is 2.37. The van der Waals surface area contributed by atoms with Gasteiger partial charge in [0.25, 0.3) is 5.91 Å². The minimum atomic E-state index is -0.366. The lowest BCUT2D eigenvalue weighted by atomic mass is 10.0. The van der Waals surface area contributed by atoms with Crippen LogP contribution >= 0.6 is 0 Å². The molecule has 0 bridgehead atoms. The second kappa shape index (κ2) is 7.91. The van der Waals surface area contributed by atoms with Gasteiger partial charge in [0.2, 0.25) is 0 Å². The van der Waals surface area contributed by atoms with Gasteiger partial charge >= 0.3 is 0 Å². The molecular weight excluding hydrogens is 266 g/mol. The molecule has 21 heavy (non-hydrogen) atoms. The number of carbonyl (C=O) groups is 1. The molecule has 0 aliphatic carbocycles. The smallest absolute Gasteiger partial charge is 0.262 e. The molecule has 1 rings (SSSR count). The summed E-state index contributed by atoms with van der Waals surface area (Å²) in [5.41, 5.74) is 2.08. The molecule has 0 saturated carbocycles. The zero-order chi connectivity index (χ0) is 15.8. The molecule has 5 nitrogen and oxygen atoms in total. The van der Waals surface area contributed by atoms with E-state index in [1.807, 2.05) is 37.3 Å². The van der Waals surface area contributed by atoms with E-state index in [9.17, 15) is 4.79 Å². The van der Waals surface area contributed by atoms with Crippen LogP contribution in [0.15, 0.2) is 18.2 Å². The summed E-state index contributed by atoms with van der Waals surface area (Å²) in [6, 6.07) is 9.62. The molecule has 0 radical (unpaired) electrons. The molecule has 0 aliphatic heterocycles. The number of nitriles is 2. The Labute approximate surface area is 125 Å². The monoisotopic (exact) mass is 285 g/mol. The van der Waals surface area contributed by atoms with Crippen LogP contribution in [0.5, 0.6) is 5.75 Å². The van der Waals surface area contributed by atoms with Crippen molar-refractivity contribution in [3.8, 4) is 17.9 Å². The SMILES string of the molecule is Cc1ccc(C(C)C)c(OCC(=O)N(CC#N)CC#N)c1. The number of amides is 1. The largest absolute Gasteiger partial charge is 0.483 e. The fraction of sp³-hybridized carbons (Fsp3) is 0.438. The Morgan fingerprint density at radius 2 is 1.90 bits per heavy atom. The Bertz CT molecular complexity index is 566. The van der Waals surface area contributed by atoms with E-state index in [0.29, 0.717) is 5.75 Å². The van der Waals surface area contributed by atoms with Gasteiger partial charge in [0, 0.05) is 0 Å². The van der Waals surface area contributed by atoms with Crippen molar-refractivity contribution < 1.29 is 9.53 Å². The highest BCUT2D eigenvalue weighted by atomic mass is 16.5. The third-order valence-corrected chi connectivity index (χ3v) is 3.02. The highest BCUT2D eigenvalue weighted by molar-refractivity contribution is 5.78. The van der Waals surface area contributed by atoms with Crippen molar-refractivity contribution in [2.45, 2.75) is 26.7 Å². The highest BCUT2D eigenvalue weighted by Gasteiger charge is 2.15. The predicted molar refractivity (Wildman–Crippen MR) is 78.6 cm³/mol. The van der Waals surface area contributed by atoms with E-state index in [1.54, 1.807) is 0 Å². The van der Waals surface area contributed by atoms with Crippen LogP contribution in [0.2, 0.25) is 0 Å². The molecular formula is C16H19N3O2. The first kappa shape index (κ1) is 16.5. The Kier molecular flexibility index (Phi) is 6.23. The summed E-state index contributed by atoms with van der Waals surface area (Å²) in [6.07, 6.45) is 0. The number of ether oxygens (including phenoxy) is 1. The molecule has 0 N–H and O–H groups in total. The van der Waals surface area contributed by atoms with Gasteiger partial charge in [0.1, 0.15) is 18.8 Å². The van der Waals surface area contributed by atoms with E-state index in [-0.39, 0.29) is 31.5 Å². The second-order valence-corrected chi connectivity index (χ2v) is 5.05. The minimum absolute atomic E-state index is 0.111. The fourth-order valence-corrected chi connectivity index (χ4v) is 1.88. The van der Waals surface area contributed by atoms with Gasteiger partial charge in [0.05, 0.1) is 12.1 Å². The number of aryl methyl sites for hydroxylation is 1. The molecule has 0 aromatic heterocycles. The van der Waals surface area contributed by atoms with E-state index in [0.717, 1.165) is 11.1 Å². The van der Waals surface area contributed by atoms with E-state index < -0.39 is 0 Å². The highest BCUT2D eigenvalue weighted by Crippen LogP contribution is 2.27. The van der Waals surface area contributed by atoms with Gasteiger partial charge in [-0.2, -0.15) is 10.5 Å². The number of benzene rings is 1. The molecule has 110 valence electrons. The van der Waals surface area contributed by atoms with Crippen LogP contribution in [0.3, 0.4) is 0 Å². The standard InChI is InChI=1S/C16H19N3O2/c1-12(2)14-5-4-13(3)10-15(14)21-11-16(20)19(8-6-17)9-7-18/h4-5,10,12H,8-9,11H2,1-3H3. The lowest BCUT2D eigenvalue weighted by Crippen LogP contribution is -2.35. The number of rotatable bonds is 6. The van der Waals surface area contributed by atoms with Crippen molar-refractivity contribution in [1.82, 2.24) is 4.90 Å². The van der Waals surface area contributed by atoms with E-state index in [1.165, 1.54) is 4.90 Å². The first-order valence-electron chi connectivity index (χ1n) is 6.74. The maximum Gasteiger partial charge on any atom is 0.262 e. The fourth-order valence-electron chi connectivity index (χ4n) is 1.88. The average Bonchev–Trinajstić information content (AvgIpc) is 2.44. The molecule has 1 aromatic rings. The molecule has 0 spiro atoms. The minimum Gasteiger partial charge on any atom is -0.483 e. The van der Waals surface area contributed by atoms with Crippen molar-refractivity contribution in [3.63, 3.8) is 0 Å². The van der Waals surface area contributed by atoms with Gasteiger partial charge < -0.3 is 9.64 Å². The molecule has 5 heteroatoms. The molecule has 0 unspecified atom stereocenters.